The predicted octanol–water partition coefficient (Wildman–Crippen LogP) is 3.55. The molecule has 7 nitrogen and oxygen atoms in total. The Kier molecular flexibility index (Phi) is 4.58. The van der Waals surface area contributed by atoms with Gasteiger partial charge in [0, 0.05) is 31.0 Å². The van der Waals surface area contributed by atoms with Crippen molar-refractivity contribution < 1.29 is 4.79 Å². The highest BCUT2D eigenvalue weighted by Gasteiger charge is 2.31. The van der Waals surface area contributed by atoms with E-state index in [2.05, 4.69) is 20.5 Å². The fourth-order valence-electron chi connectivity index (χ4n) is 3.62. The number of anilines is 1. The number of pyridine rings is 1. The number of nitrogens with one attached hydrogen (secondary N) is 1. The lowest BCUT2D eigenvalue weighted by Gasteiger charge is -2.25. The molecule has 27 heavy (non-hydrogen) atoms. The maximum atomic E-state index is 13.0. The Bertz CT molecular complexity index is 952. The molecule has 0 bridgehead atoms. The van der Waals surface area contributed by atoms with Gasteiger partial charge < -0.3 is 14.8 Å². The highest BCUT2D eigenvalue weighted by molar-refractivity contribution is 5.91. The molecule has 7 heteroatoms. The van der Waals surface area contributed by atoms with Crippen LogP contribution in [0.25, 0.3) is 11.4 Å². The molecule has 1 aliphatic heterocycles. The van der Waals surface area contributed by atoms with Crippen molar-refractivity contribution in [3.05, 3.63) is 60.2 Å². The Morgan fingerprint density at radius 1 is 1.22 bits per heavy atom. The molecule has 0 saturated carbocycles. The third-order valence-corrected chi connectivity index (χ3v) is 5.07. The summed E-state index contributed by atoms with van der Waals surface area (Å²) in [6.45, 7) is 2.72. The first kappa shape index (κ1) is 17.2. The molecule has 3 aromatic rings. The second-order valence-corrected chi connectivity index (χ2v) is 6.78. The molecule has 4 rings (SSSR count). The van der Waals surface area contributed by atoms with Crippen LogP contribution in [-0.4, -0.2) is 37.2 Å². The highest BCUT2D eigenvalue weighted by Crippen LogP contribution is 2.32. The van der Waals surface area contributed by atoms with Crippen LogP contribution in [-0.2, 0) is 7.05 Å². The number of carbonyl (C=O) groups is 1. The van der Waals surface area contributed by atoms with Crippen LogP contribution < -0.4 is 5.32 Å². The minimum atomic E-state index is -0.0960. The Morgan fingerprint density at radius 3 is 2.85 bits per heavy atom. The van der Waals surface area contributed by atoms with Crippen molar-refractivity contribution in [1.29, 1.82) is 0 Å². The molecule has 1 saturated heterocycles. The average molecular weight is 362 g/mol. The fraction of sp³-hybridized carbons (Fsp3) is 0.300. The van der Waals surface area contributed by atoms with Crippen molar-refractivity contribution in [1.82, 2.24) is 24.6 Å². The fourth-order valence-corrected chi connectivity index (χ4v) is 3.62. The number of carbonyl (C=O) groups excluding carboxylic acids is 1. The van der Waals surface area contributed by atoms with Crippen LogP contribution in [0.3, 0.4) is 0 Å². The van der Waals surface area contributed by atoms with Crippen LogP contribution >= 0.6 is 0 Å². The maximum absolute atomic E-state index is 13.0. The number of likely N-dealkylation sites (tertiary alicyclic amines) is 1. The Labute approximate surface area is 158 Å². The summed E-state index contributed by atoms with van der Waals surface area (Å²) in [5.41, 5.74) is 3.65. The Balaban J connectivity index is 1.57. The van der Waals surface area contributed by atoms with E-state index in [0.717, 1.165) is 47.7 Å². The van der Waals surface area contributed by atoms with Gasteiger partial charge in [-0.15, -0.1) is 10.2 Å². The van der Waals surface area contributed by atoms with Gasteiger partial charge in [0.25, 0.3) is 0 Å². The normalized spacial score (nSPS) is 16.5. The van der Waals surface area contributed by atoms with E-state index in [1.54, 1.807) is 12.5 Å². The number of rotatable bonds is 3. The molecular weight excluding hydrogens is 340 g/mol. The van der Waals surface area contributed by atoms with E-state index in [4.69, 9.17) is 0 Å². The number of benzene rings is 1. The van der Waals surface area contributed by atoms with Gasteiger partial charge in [-0.25, -0.2) is 4.79 Å². The van der Waals surface area contributed by atoms with Gasteiger partial charge in [0.1, 0.15) is 6.33 Å². The molecule has 1 aromatic carbocycles. The zero-order chi connectivity index (χ0) is 18.8. The minimum Gasteiger partial charge on any atom is -0.317 e. The van der Waals surface area contributed by atoms with Gasteiger partial charge in [-0.2, -0.15) is 0 Å². The summed E-state index contributed by atoms with van der Waals surface area (Å²) in [7, 11) is 1.90. The Morgan fingerprint density at radius 2 is 2.11 bits per heavy atom. The molecular formula is C20H22N6O. The van der Waals surface area contributed by atoms with E-state index >= 15 is 0 Å². The van der Waals surface area contributed by atoms with Crippen LogP contribution in [0.2, 0.25) is 0 Å². The molecule has 0 spiro atoms. The molecule has 1 unspecified atom stereocenters. The van der Waals surface area contributed by atoms with Gasteiger partial charge in [0.05, 0.1) is 11.7 Å². The van der Waals surface area contributed by atoms with E-state index in [1.165, 1.54) is 0 Å². The smallest absolute Gasteiger partial charge is 0.317 e. The molecule has 1 atom stereocenters. The van der Waals surface area contributed by atoms with Crippen LogP contribution in [0.5, 0.6) is 0 Å². The second kappa shape index (κ2) is 7.19. The SMILES string of the molecule is Cc1c(NC(=O)N2CCCC2c2ccccn2)cccc1-c1nncn1C. The summed E-state index contributed by atoms with van der Waals surface area (Å²) in [6.07, 6.45) is 5.36. The molecule has 1 aliphatic rings. The zero-order valence-corrected chi connectivity index (χ0v) is 15.5. The quantitative estimate of drug-likeness (QED) is 0.773. The van der Waals surface area contributed by atoms with Crippen LogP contribution in [0, 0.1) is 6.92 Å². The van der Waals surface area contributed by atoms with Crippen molar-refractivity contribution >= 4 is 11.7 Å². The van der Waals surface area contributed by atoms with Gasteiger partial charge in [-0.3, -0.25) is 4.98 Å². The van der Waals surface area contributed by atoms with Gasteiger partial charge in [-0.05, 0) is 43.5 Å². The average Bonchev–Trinajstić information content (AvgIpc) is 3.33. The molecule has 1 fully saturated rings. The van der Waals surface area contributed by atoms with Crippen molar-refractivity contribution in [2.24, 2.45) is 7.05 Å². The number of aryl methyl sites for hydroxylation is 1. The molecule has 1 N–H and O–H groups in total. The second-order valence-electron chi connectivity index (χ2n) is 6.78. The van der Waals surface area contributed by atoms with E-state index in [9.17, 15) is 4.79 Å². The van der Waals surface area contributed by atoms with Gasteiger partial charge in [0.2, 0.25) is 0 Å². The minimum absolute atomic E-state index is 0.0217. The molecule has 2 amide bonds. The first-order valence-electron chi connectivity index (χ1n) is 9.07. The van der Waals surface area contributed by atoms with Gasteiger partial charge >= 0.3 is 6.03 Å². The van der Waals surface area contributed by atoms with E-state index in [-0.39, 0.29) is 12.1 Å². The molecule has 2 aromatic heterocycles. The van der Waals surface area contributed by atoms with Crippen LogP contribution in [0.1, 0.15) is 30.1 Å². The summed E-state index contributed by atoms with van der Waals surface area (Å²) in [6, 6.07) is 11.6. The highest BCUT2D eigenvalue weighted by atomic mass is 16.2. The molecule has 0 radical (unpaired) electrons. The molecule has 138 valence electrons. The monoisotopic (exact) mass is 362 g/mol. The lowest BCUT2D eigenvalue weighted by atomic mass is 10.1. The molecule has 3 heterocycles. The van der Waals surface area contributed by atoms with Crippen LogP contribution in [0.4, 0.5) is 10.5 Å². The maximum Gasteiger partial charge on any atom is 0.322 e. The van der Waals surface area contributed by atoms with Crippen molar-refractivity contribution in [2.75, 3.05) is 11.9 Å². The zero-order valence-electron chi connectivity index (χ0n) is 15.5. The Hall–Kier alpha value is -3.22. The lowest BCUT2D eigenvalue weighted by molar-refractivity contribution is 0.206. The number of nitrogens with zero attached hydrogens (tertiary/aromatic N) is 5. The van der Waals surface area contributed by atoms with E-state index in [0.29, 0.717) is 0 Å². The topological polar surface area (TPSA) is 75.9 Å². The number of urea groups is 1. The van der Waals surface area contributed by atoms with Gasteiger partial charge in [-0.1, -0.05) is 18.2 Å². The van der Waals surface area contributed by atoms with E-state index < -0.39 is 0 Å². The number of hydrogen-bond donors (Lipinski definition) is 1. The summed E-state index contributed by atoms with van der Waals surface area (Å²) in [5, 5.41) is 11.2. The summed E-state index contributed by atoms with van der Waals surface area (Å²) >= 11 is 0. The lowest BCUT2D eigenvalue weighted by Crippen LogP contribution is -2.35. The summed E-state index contributed by atoms with van der Waals surface area (Å²) < 4.78 is 1.87. The first-order chi connectivity index (χ1) is 13.1. The largest absolute Gasteiger partial charge is 0.322 e. The van der Waals surface area contributed by atoms with E-state index in [1.807, 2.05) is 59.8 Å². The number of amides is 2. The third kappa shape index (κ3) is 3.28. The number of aromatic nitrogens is 4. The number of hydrogen-bond acceptors (Lipinski definition) is 4. The standard InChI is InChI=1S/C20H22N6O/c1-14-15(19-24-22-13-25(19)2)7-5-9-16(14)23-20(27)26-12-6-10-18(26)17-8-3-4-11-21-17/h3-5,7-9,11,13,18H,6,10,12H2,1-2H3,(H,23,27). The summed E-state index contributed by atoms with van der Waals surface area (Å²) in [5.74, 6) is 0.774. The van der Waals surface area contributed by atoms with Crippen molar-refractivity contribution in [3.63, 3.8) is 0 Å². The predicted molar refractivity (Wildman–Crippen MR) is 103 cm³/mol. The summed E-state index contributed by atoms with van der Waals surface area (Å²) in [4.78, 5) is 19.3. The van der Waals surface area contributed by atoms with Crippen molar-refractivity contribution in [3.8, 4) is 11.4 Å². The van der Waals surface area contributed by atoms with Crippen LogP contribution in [0.15, 0.2) is 48.9 Å². The van der Waals surface area contributed by atoms with Gasteiger partial charge in [0.15, 0.2) is 5.82 Å². The third-order valence-electron chi connectivity index (χ3n) is 5.07. The molecule has 0 aliphatic carbocycles. The van der Waals surface area contributed by atoms with Crippen molar-refractivity contribution in [2.45, 2.75) is 25.8 Å². The first-order valence-corrected chi connectivity index (χ1v) is 9.07.